The van der Waals surface area contributed by atoms with Gasteiger partial charge in [0.2, 0.25) is 0 Å². The number of β-amino-alcohol motifs (C(OH)–C–C–N with tert-alkyl or cyclic N) is 1. The number of hydrogen-bond acceptors (Lipinski definition) is 5. The molecule has 0 aromatic heterocycles. The quantitative estimate of drug-likeness (QED) is 0.546. The van der Waals surface area contributed by atoms with Crippen LogP contribution in [0.4, 0.5) is 0 Å². The summed E-state index contributed by atoms with van der Waals surface area (Å²) in [5.41, 5.74) is 3.53. The van der Waals surface area contributed by atoms with E-state index in [2.05, 4.69) is 32.9 Å². The summed E-state index contributed by atoms with van der Waals surface area (Å²) >= 11 is 0. The Bertz CT molecular complexity index is 900. The van der Waals surface area contributed by atoms with Crippen molar-refractivity contribution in [1.29, 1.82) is 0 Å². The molecule has 3 N–H and O–H groups in total. The number of hydrogen-bond donors (Lipinski definition) is 3. The van der Waals surface area contributed by atoms with Gasteiger partial charge in [0.15, 0.2) is 0 Å². The molecule has 0 radical (unpaired) electrons. The molecule has 0 bridgehead atoms. The first-order chi connectivity index (χ1) is 14.7. The molecule has 0 saturated heterocycles. The van der Waals surface area contributed by atoms with Gasteiger partial charge in [0, 0.05) is 24.1 Å². The predicted molar refractivity (Wildman–Crippen MR) is 120 cm³/mol. The summed E-state index contributed by atoms with van der Waals surface area (Å²) in [6.45, 7) is 8.68. The maximum Gasteiger partial charge on any atom is 0.254 e. The smallest absolute Gasteiger partial charge is 0.254 e. The number of ether oxygens (including phenoxy) is 1. The third-order valence-electron chi connectivity index (χ3n) is 6.36. The zero-order chi connectivity index (χ0) is 22.8. The first-order valence-electron chi connectivity index (χ1n) is 11.1. The molecule has 0 saturated carbocycles. The Labute approximate surface area is 184 Å². The van der Waals surface area contributed by atoms with Crippen LogP contribution in [0, 0.1) is 0 Å². The van der Waals surface area contributed by atoms with E-state index in [4.69, 9.17) is 4.74 Å². The van der Waals surface area contributed by atoms with Crippen LogP contribution >= 0.6 is 0 Å². The maximum atomic E-state index is 12.6. The fourth-order valence-electron chi connectivity index (χ4n) is 4.36. The van der Waals surface area contributed by atoms with Gasteiger partial charge in [0.1, 0.15) is 17.1 Å². The van der Waals surface area contributed by atoms with E-state index in [1.807, 2.05) is 6.92 Å². The third kappa shape index (κ3) is 4.96. The molecule has 6 nitrogen and oxygen atoms in total. The van der Waals surface area contributed by atoms with Gasteiger partial charge >= 0.3 is 0 Å². The number of aliphatic hydroxyl groups excluding tert-OH is 2. The van der Waals surface area contributed by atoms with Crippen molar-refractivity contribution in [1.82, 2.24) is 4.90 Å². The van der Waals surface area contributed by atoms with Crippen LogP contribution in [0.1, 0.15) is 74.9 Å². The molecule has 6 heteroatoms. The van der Waals surface area contributed by atoms with E-state index in [0.29, 0.717) is 29.8 Å². The van der Waals surface area contributed by atoms with Crippen molar-refractivity contribution in [2.75, 3.05) is 13.2 Å². The van der Waals surface area contributed by atoms with Crippen molar-refractivity contribution in [3.63, 3.8) is 0 Å². The normalized spacial score (nSPS) is 22.8. The number of aliphatic hydroxyl groups is 2. The Morgan fingerprint density at radius 1 is 1.26 bits per heavy atom. The Morgan fingerprint density at radius 3 is 2.68 bits per heavy atom. The van der Waals surface area contributed by atoms with E-state index in [0.717, 1.165) is 24.8 Å². The van der Waals surface area contributed by atoms with Gasteiger partial charge in [-0.05, 0) is 59.4 Å². The molecule has 170 valence electrons. The molecule has 0 spiro atoms. The number of fused-ring (bicyclic) bond motifs is 3. The molecule has 1 aromatic carbocycles. The highest BCUT2D eigenvalue weighted by atomic mass is 16.5. The largest absolute Gasteiger partial charge is 0.508 e. The minimum atomic E-state index is -0.807. The van der Waals surface area contributed by atoms with Crippen LogP contribution in [-0.2, 0) is 13.0 Å². The lowest BCUT2D eigenvalue weighted by Gasteiger charge is -2.40. The van der Waals surface area contributed by atoms with Gasteiger partial charge < -0.3 is 25.0 Å². The van der Waals surface area contributed by atoms with E-state index < -0.39 is 11.7 Å². The lowest BCUT2D eigenvalue weighted by molar-refractivity contribution is -0.0599. The SMILES string of the molecule is CC(C)=CCC/C(C)=C/CCC1(C)Oc2c(c(O)cc3c2CN(CCO)C3=O)CC1O. The number of amides is 1. The summed E-state index contributed by atoms with van der Waals surface area (Å²) < 4.78 is 6.33. The summed E-state index contributed by atoms with van der Waals surface area (Å²) in [6, 6.07) is 1.46. The number of benzene rings is 1. The molecule has 2 aliphatic rings. The number of phenols is 1. The third-order valence-corrected chi connectivity index (χ3v) is 6.36. The van der Waals surface area contributed by atoms with Crippen LogP contribution in [0.2, 0.25) is 0 Å². The minimum absolute atomic E-state index is 0.0240. The summed E-state index contributed by atoms with van der Waals surface area (Å²) in [6.07, 6.45) is 7.41. The van der Waals surface area contributed by atoms with Crippen molar-refractivity contribution in [2.45, 2.75) is 78.0 Å². The fraction of sp³-hybridized carbons (Fsp3) is 0.560. The Hall–Kier alpha value is -2.31. The Balaban J connectivity index is 1.77. The van der Waals surface area contributed by atoms with Crippen molar-refractivity contribution >= 4 is 5.91 Å². The standard InChI is InChI=1S/C25H35NO5/c1-16(2)7-5-8-17(3)9-6-10-25(4)22(29)14-19-21(28)13-18-20(23(19)31-25)15-26(11-12-27)24(18)30/h7,9,13,22,27-29H,5-6,8,10-12,14-15H2,1-4H3/b17-9+. The van der Waals surface area contributed by atoms with Gasteiger partial charge in [-0.1, -0.05) is 23.3 Å². The Morgan fingerprint density at radius 2 is 2.00 bits per heavy atom. The highest BCUT2D eigenvalue weighted by Crippen LogP contribution is 2.46. The molecule has 0 aliphatic carbocycles. The van der Waals surface area contributed by atoms with Crippen molar-refractivity contribution in [3.8, 4) is 11.5 Å². The molecule has 31 heavy (non-hydrogen) atoms. The summed E-state index contributed by atoms with van der Waals surface area (Å²) in [5.74, 6) is 0.276. The highest BCUT2D eigenvalue weighted by Gasteiger charge is 2.44. The molecule has 2 atom stereocenters. The number of aromatic hydroxyl groups is 1. The van der Waals surface area contributed by atoms with Gasteiger partial charge in [0.05, 0.1) is 24.8 Å². The van der Waals surface area contributed by atoms with E-state index in [-0.39, 0.29) is 31.2 Å². The second-order valence-electron chi connectivity index (χ2n) is 9.22. The van der Waals surface area contributed by atoms with Gasteiger partial charge in [-0.25, -0.2) is 0 Å². The van der Waals surface area contributed by atoms with Crippen LogP contribution in [0.15, 0.2) is 29.4 Å². The predicted octanol–water partition coefficient (Wildman–Crippen LogP) is 3.87. The van der Waals surface area contributed by atoms with E-state index in [1.165, 1.54) is 17.2 Å². The molecule has 0 fully saturated rings. The molecule has 2 unspecified atom stereocenters. The second-order valence-corrected chi connectivity index (χ2v) is 9.22. The molecular weight excluding hydrogens is 394 g/mol. The molecular formula is C25H35NO5. The van der Waals surface area contributed by atoms with Crippen LogP contribution in [-0.4, -0.2) is 51.0 Å². The fourth-order valence-corrected chi connectivity index (χ4v) is 4.36. The molecule has 1 aromatic rings. The highest BCUT2D eigenvalue weighted by molar-refractivity contribution is 6.00. The average molecular weight is 430 g/mol. The zero-order valence-corrected chi connectivity index (χ0v) is 19.1. The van der Waals surface area contributed by atoms with Crippen molar-refractivity contribution in [2.24, 2.45) is 0 Å². The van der Waals surface area contributed by atoms with Crippen molar-refractivity contribution in [3.05, 3.63) is 46.1 Å². The van der Waals surface area contributed by atoms with Gasteiger partial charge in [-0.2, -0.15) is 0 Å². The summed E-state index contributed by atoms with van der Waals surface area (Å²) in [5, 5.41) is 30.6. The zero-order valence-electron chi connectivity index (χ0n) is 19.1. The summed E-state index contributed by atoms with van der Waals surface area (Å²) in [4.78, 5) is 14.2. The molecule has 2 aliphatic heterocycles. The topological polar surface area (TPSA) is 90.2 Å². The maximum absolute atomic E-state index is 12.6. The first kappa shape index (κ1) is 23.4. The van der Waals surface area contributed by atoms with Gasteiger partial charge in [-0.15, -0.1) is 0 Å². The van der Waals surface area contributed by atoms with Crippen LogP contribution in [0.25, 0.3) is 0 Å². The number of rotatable bonds is 8. The van der Waals surface area contributed by atoms with Crippen molar-refractivity contribution < 1.29 is 24.9 Å². The molecule has 1 amide bonds. The number of nitrogens with zero attached hydrogens (tertiary/aromatic N) is 1. The van der Waals surface area contributed by atoms with Crippen LogP contribution in [0.5, 0.6) is 11.5 Å². The van der Waals surface area contributed by atoms with E-state index in [1.54, 1.807) is 4.90 Å². The monoisotopic (exact) mass is 429 g/mol. The number of phenolic OH excluding ortho intramolecular Hbond substituents is 1. The van der Waals surface area contributed by atoms with Gasteiger partial charge in [0.25, 0.3) is 5.91 Å². The van der Waals surface area contributed by atoms with Crippen LogP contribution < -0.4 is 4.74 Å². The lowest BCUT2D eigenvalue weighted by atomic mass is 9.84. The van der Waals surface area contributed by atoms with E-state index >= 15 is 0 Å². The lowest BCUT2D eigenvalue weighted by Crippen LogP contribution is -2.49. The Kier molecular flexibility index (Phi) is 7.12. The minimum Gasteiger partial charge on any atom is -0.508 e. The van der Waals surface area contributed by atoms with Gasteiger partial charge in [-0.3, -0.25) is 4.79 Å². The molecule has 2 heterocycles. The number of allylic oxidation sites excluding steroid dienone is 4. The number of carbonyl (C=O) groups is 1. The second kappa shape index (κ2) is 9.45. The number of carbonyl (C=O) groups excluding carboxylic acids is 1. The van der Waals surface area contributed by atoms with E-state index in [9.17, 15) is 20.1 Å². The average Bonchev–Trinajstić information content (AvgIpc) is 3.00. The first-order valence-corrected chi connectivity index (χ1v) is 11.1. The molecule has 3 rings (SSSR count). The summed E-state index contributed by atoms with van der Waals surface area (Å²) in [7, 11) is 0. The van der Waals surface area contributed by atoms with Crippen LogP contribution in [0.3, 0.4) is 0 Å².